The topological polar surface area (TPSA) is 109 Å². The summed E-state index contributed by atoms with van der Waals surface area (Å²) < 4.78 is 0. The normalized spacial score (nSPS) is 17.1. The van der Waals surface area contributed by atoms with E-state index in [0.717, 1.165) is 0 Å². The van der Waals surface area contributed by atoms with Crippen molar-refractivity contribution in [3.63, 3.8) is 0 Å². The first-order chi connectivity index (χ1) is 25.5. The van der Waals surface area contributed by atoms with Crippen LogP contribution in [0.5, 0.6) is 0 Å². The SMILES string of the molecule is C[Si](C)(C)CN1C(=O)C2=C(c3ccc(C=C4C(=O)c5ccccc5C4=O)s3)N(C[Si](C)(C)C)C(=O)C2=C1c1ccc(C=C2C(=O)c3ccccc3C2=O)s1. The number of amides is 2. The van der Waals surface area contributed by atoms with Gasteiger partial charge in [0.2, 0.25) is 0 Å². The second-order valence-corrected chi connectivity index (χ2v) is 29.4. The minimum Gasteiger partial charge on any atom is -0.309 e. The molecule has 2 aromatic carbocycles. The molecule has 0 saturated carbocycles. The Morgan fingerprint density at radius 2 is 0.796 bits per heavy atom. The number of fused-ring (bicyclic) bond motifs is 3. The number of ketones is 4. The molecule has 2 amide bonds. The molecule has 270 valence electrons. The van der Waals surface area contributed by atoms with Gasteiger partial charge in [0.05, 0.1) is 59.6 Å². The summed E-state index contributed by atoms with van der Waals surface area (Å²) in [5.74, 6) is -1.74. The van der Waals surface area contributed by atoms with Gasteiger partial charge in [-0.1, -0.05) is 87.8 Å². The van der Waals surface area contributed by atoms with E-state index in [0.29, 0.717) is 76.6 Å². The van der Waals surface area contributed by atoms with Gasteiger partial charge in [0.25, 0.3) is 11.8 Å². The second-order valence-electron chi connectivity index (χ2n) is 16.3. The van der Waals surface area contributed by atoms with E-state index in [1.54, 1.807) is 70.5 Å². The van der Waals surface area contributed by atoms with Crippen LogP contribution in [0.4, 0.5) is 0 Å². The zero-order valence-electron chi connectivity index (χ0n) is 30.7. The van der Waals surface area contributed by atoms with Crippen LogP contribution < -0.4 is 0 Å². The molecule has 0 radical (unpaired) electrons. The summed E-state index contributed by atoms with van der Waals surface area (Å²) in [6.45, 7) is 13.0. The third-order valence-corrected chi connectivity index (χ3v) is 14.2. The highest BCUT2D eigenvalue weighted by Gasteiger charge is 2.51. The van der Waals surface area contributed by atoms with Crippen LogP contribution in [0.3, 0.4) is 0 Å². The molecule has 0 N–H and O–H groups in total. The third-order valence-electron chi connectivity index (χ3n) is 9.55. The van der Waals surface area contributed by atoms with E-state index in [9.17, 15) is 28.8 Å². The summed E-state index contributed by atoms with van der Waals surface area (Å²) in [4.78, 5) is 88.6. The molecule has 2 aliphatic heterocycles. The van der Waals surface area contributed by atoms with E-state index in [1.807, 2.05) is 24.3 Å². The van der Waals surface area contributed by atoms with Crippen molar-refractivity contribution in [2.75, 3.05) is 12.3 Å². The maximum atomic E-state index is 14.8. The van der Waals surface area contributed by atoms with Gasteiger partial charge < -0.3 is 9.80 Å². The summed E-state index contributed by atoms with van der Waals surface area (Å²) in [6, 6.07) is 21.0. The largest absolute Gasteiger partial charge is 0.309 e. The second kappa shape index (κ2) is 12.7. The number of allylic oxidation sites excluding steroid dienone is 2. The molecule has 0 spiro atoms. The van der Waals surface area contributed by atoms with Gasteiger partial charge in [0.15, 0.2) is 23.1 Å². The van der Waals surface area contributed by atoms with E-state index < -0.39 is 16.1 Å². The lowest BCUT2D eigenvalue weighted by atomic mass is 10.1. The number of thiophene rings is 2. The number of rotatable bonds is 8. The van der Waals surface area contributed by atoms with Crippen LogP contribution in [0.25, 0.3) is 23.5 Å². The van der Waals surface area contributed by atoms with Gasteiger partial charge >= 0.3 is 0 Å². The molecule has 12 heteroatoms. The monoisotopic (exact) mass is 784 g/mol. The van der Waals surface area contributed by atoms with Crippen LogP contribution in [0.15, 0.2) is 95.1 Å². The number of carbonyl (C=O) groups excluding carboxylic acids is 6. The fraction of sp³-hybridized carbons (Fsp3) is 0.190. The van der Waals surface area contributed by atoms with Crippen LogP contribution >= 0.6 is 22.7 Å². The maximum Gasteiger partial charge on any atom is 0.261 e. The Bertz CT molecular complexity index is 2300. The van der Waals surface area contributed by atoms with Crippen LogP contribution in [0.1, 0.15) is 60.9 Å². The Morgan fingerprint density at radius 3 is 1.09 bits per heavy atom. The Hall–Kier alpha value is -5.15. The van der Waals surface area contributed by atoms with Gasteiger partial charge in [-0.05, 0) is 36.4 Å². The summed E-state index contributed by atoms with van der Waals surface area (Å²) in [5.41, 5.74) is 3.57. The molecule has 8 rings (SSSR count). The number of nitrogens with zero attached hydrogens (tertiary/aromatic N) is 2. The van der Waals surface area contributed by atoms with Crippen molar-refractivity contribution in [1.82, 2.24) is 9.80 Å². The van der Waals surface area contributed by atoms with Crippen molar-refractivity contribution in [3.8, 4) is 0 Å². The standard InChI is InChI=1S/C42H36N2O6S2Si2/c1-53(2,3)21-43-35(31-17-15-23(51-31)19-29-37(45)25-11-7-8-12-26(25)38(29)46)33-34(41(43)49)36(44(42(33)50)22-54(4,5)6)32-18-16-24(52-32)20-30-39(47)27-13-9-10-14-28(27)40(30)48/h7-20H,21-22H2,1-6H3. The Balaban J connectivity index is 1.25. The molecule has 2 aliphatic carbocycles. The molecule has 0 saturated heterocycles. The average molecular weight is 785 g/mol. The van der Waals surface area contributed by atoms with Crippen molar-refractivity contribution < 1.29 is 28.8 Å². The van der Waals surface area contributed by atoms with Crippen molar-refractivity contribution in [1.29, 1.82) is 0 Å². The van der Waals surface area contributed by atoms with E-state index in [-0.39, 0.29) is 46.1 Å². The van der Waals surface area contributed by atoms with Crippen LogP contribution in [-0.2, 0) is 9.59 Å². The molecule has 4 heterocycles. The Labute approximate surface area is 322 Å². The lowest BCUT2D eigenvalue weighted by molar-refractivity contribution is -0.123. The van der Waals surface area contributed by atoms with Crippen LogP contribution in [-0.4, -0.2) is 73.2 Å². The highest BCUT2D eigenvalue weighted by Crippen LogP contribution is 2.49. The fourth-order valence-corrected chi connectivity index (χ4v) is 11.9. The zero-order chi connectivity index (χ0) is 38.4. The first-order valence-electron chi connectivity index (χ1n) is 17.7. The van der Waals surface area contributed by atoms with Crippen LogP contribution in [0, 0.1) is 0 Å². The summed E-state index contributed by atoms with van der Waals surface area (Å²) in [5, 5.41) is 0. The van der Waals surface area contributed by atoms with Gasteiger partial charge in [0.1, 0.15) is 0 Å². The Morgan fingerprint density at radius 1 is 0.481 bits per heavy atom. The summed E-state index contributed by atoms with van der Waals surface area (Å²) >= 11 is 2.68. The molecule has 4 aliphatic rings. The van der Waals surface area contributed by atoms with Crippen molar-refractivity contribution in [2.24, 2.45) is 0 Å². The Kier molecular flexibility index (Phi) is 8.45. The van der Waals surface area contributed by atoms with Gasteiger partial charge in [-0.15, -0.1) is 22.7 Å². The van der Waals surface area contributed by atoms with Gasteiger partial charge in [0, 0.05) is 44.3 Å². The van der Waals surface area contributed by atoms with Gasteiger partial charge in [-0.2, -0.15) is 0 Å². The third kappa shape index (κ3) is 5.93. The molecule has 2 aromatic heterocycles. The van der Waals surface area contributed by atoms with Crippen molar-refractivity contribution >= 4 is 97.3 Å². The van der Waals surface area contributed by atoms with E-state index in [1.165, 1.54) is 22.7 Å². The smallest absolute Gasteiger partial charge is 0.261 e. The number of hydrogen-bond donors (Lipinski definition) is 0. The molecule has 0 unspecified atom stereocenters. The predicted molar refractivity (Wildman–Crippen MR) is 219 cm³/mol. The highest BCUT2D eigenvalue weighted by molar-refractivity contribution is 7.14. The van der Waals surface area contributed by atoms with Crippen molar-refractivity contribution in [3.05, 3.63) is 137 Å². The van der Waals surface area contributed by atoms with E-state index in [2.05, 4.69) is 39.3 Å². The van der Waals surface area contributed by atoms with E-state index in [4.69, 9.17) is 0 Å². The highest BCUT2D eigenvalue weighted by atomic mass is 32.1. The molecule has 4 aromatic rings. The number of Topliss-reactive ketones (excluding diaryl/α,β-unsaturated/α-hetero) is 4. The fourth-order valence-electron chi connectivity index (χ4n) is 7.37. The molecular weight excluding hydrogens is 749 g/mol. The van der Waals surface area contributed by atoms with Crippen LogP contribution in [0.2, 0.25) is 39.3 Å². The first kappa shape index (κ1) is 35.9. The quantitative estimate of drug-likeness (QED) is 0.101. The van der Waals surface area contributed by atoms with Gasteiger partial charge in [-0.3, -0.25) is 28.8 Å². The zero-order valence-corrected chi connectivity index (χ0v) is 34.3. The molecule has 0 fully saturated rings. The molecule has 54 heavy (non-hydrogen) atoms. The molecule has 0 bridgehead atoms. The van der Waals surface area contributed by atoms with E-state index >= 15 is 0 Å². The maximum absolute atomic E-state index is 14.8. The predicted octanol–water partition coefficient (Wildman–Crippen LogP) is 8.30. The molecule has 0 atom stereocenters. The molecular formula is C42H36N2O6S2Si2. The summed E-state index contributed by atoms with van der Waals surface area (Å²) in [7, 11) is -3.87. The number of hydrogen-bond acceptors (Lipinski definition) is 8. The minimum atomic E-state index is -1.93. The number of benzene rings is 2. The molecule has 8 nitrogen and oxygen atoms in total. The minimum absolute atomic E-state index is 0.0955. The number of carbonyl (C=O) groups is 6. The lowest BCUT2D eigenvalue weighted by Gasteiger charge is -2.30. The van der Waals surface area contributed by atoms with Gasteiger partial charge in [-0.25, -0.2) is 0 Å². The van der Waals surface area contributed by atoms with Crippen molar-refractivity contribution in [2.45, 2.75) is 39.3 Å². The summed E-state index contributed by atoms with van der Waals surface area (Å²) in [6.07, 6.45) is 4.19. The lowest BCUT2D eigenvalue weighted by Crippen LogP contribution is -2.43. The average Bonchev–Trinajstić information content (AvgIpc) is 3.95. The first-order valence-corrected chi connectivity index (χ1v) is 26.7.